The van der Waals surface area contributed by atoms with Gasteiger partial charge in [0, 0.05) is 43.3 Å². The van der Waals surface area contributed by atoms with Crippen molar-refractivity contribution in [3.8, 4) is 5.82 Å². The lowest BCUT2D eigenvalue weighted by Gasteiger charge is -2.11. The second-order valence-corrected chi connectivity index (χ2v) is 5.94. The van der Waals surface area contributed by atoms with Gasteiger partial charge in [0.15, 0.2) is 11.6 Å². The number of imidazole rings is 1. The van der Waals surface area contributed by atoms with Gasteiger partial charge in [0.05, 0.1) is 0 Å². The second kappa shape index (κ2) is 8.42. The maximum absolute atomic E-state index is 13.1. The summed E-state index contributed by atoms with van der Waals surface area (Å²) >= 11 is 0. The van der Waals surface area contributed by atoms with Crippen molar-refractivity contribution in [3.05, 3.63) is 59.9 Å². The van der Waals surface area contributed by atoms with Crippen molar-refractivity contribution in [2.24, 2.45) is 0 Å². The molecule has 10 heteroatoms. The van der Waals surface area contributed by atoms with Gasteiger partial charge < -0.3 is 16.0 Å². The van der Waals surface area contributed by atoms with Crippen molar-refractivity contribution in [2.75, 3.05) is 23.7 Å². The molecule has 8 nitrogen and oxygen atoms in total. The number of amides is 2. The number of hydrogen-bond donors (Lipinski definition) is 3. The predicted octanol–water partition coefficient (Wildman–Crippen LogP) is 2.79. The number of nitrogens with zero attached hydrogens (tertiary/aromatic N) is 4. The van der Waals surface area contributed by atoms with Crippen molar-refractivity contribution in [3.63, 3.8) is 0 Å². The Morgan fingerprint density at radius 3 is 2.64 bits per heavy atom. The van der Waals surface area contributed by atoms with Crippen LogP contribution < -0.4 is 16.0 Å². The first kappa shape index (κ1) is 19.2. The van der Waals surface area contributed by atoms with Crippen LogP contribution in [-0.2, 0) is 0 Å². The zero-order chi connectivity index (χ0) is 20.1. The summed E-state index contributed by atoms with van der Waals surface area (Å²) in [5.74, 6) is 0.701. The quantitative estimate of drug-likeness (QED) is 0.565. The Bertz CT molecular complexity index is 990. The molecule has 0 fully saturated rings. The lowest BCUT2D eigenvalue weighted by Crippen LogP contribution is -2.32. The van der Waals surface area contributed by atoms with Gasteiger partial charge in [0.1, 0.15) is 23.3 Å². The number of aryl methyl sites for hydroxylation is 2. The zero-order valence-corrected chi connectivity index (χ0v) is 15.3. The van der Waals surface area contributed by atoms with Gasteiger partial charge in [-0.2, -0.15) is 0 Å². The Kier molecular flexibility index (Phi) is 5.78. The fourth-order valence-corrected chi connectivity index (χ4v) is 2.50. The lowest BCUT2D eigenvalue weighted by molar-refractivity contribution is 0.252. The summed E-state index contributed by atoms with van der Waals surface area (Å²) in [6.45, 7) is 4.36. The molecule has 0 aliphatic heterocycles. The van der Waals surface area contributed by atoms with E-state index >= 15 is 0 Å². The number of aromatic nitrogens is 4. The number of urea groups is 1. The Labute approximate surface area is 160 Å². The van der Waals surface area contributed by atoms with Gasteiger partial charge in [0.2, 0.25) is 0 Å². The molecule has 146 valence electrons. The molecular weight excluding hydrogens is 368 g/mol. The van der Waals surface area contributed by atoms with Crippen molar-refractivity contribution in [1.29, 1.82) is 0 Å². The molecule has 0 bridgehead atoms. The number of carbonyl (C=O) groups excluding carboxylic acids is 1. The number of benzene rings is 1. The van der Waals surface area contributed by atoms with E-state index in [0.717, 1.165) is 18.0 Å². The van der Waals surface area contributed by atoms with Gasteiger partial charge in [-0.3, -0.25) is 4.57 Å². The van der Waals surface area contributed by atoms with Gasteiger partial charge in [-0.05, 0) is 26.0 Å². The fraction of sp³-hybridized carbons (Fsp3) is 0.222. The number of anilines is 2. The number of hydrogen-bond acceptors (Lipinski definition) is 5. The van der Waals surface area contributed by atoms with E-state index in [9.17, 15) is 13.6 Å². The van der Waals surface area contributed by atoms with Crippen LogP contribution in [0.15, 0.2) is 36.7 Å². The number of carbonyl (C=O) groups is 1. The molecule has 0 unspecified atom stereocenters. The number of nitrogens with one attached hydrogen (secondary N) is 3. The van der Waals surface area contributed by atoms with Crippen molar-refractivity contribution < 1.29 is 13.6 Å². The third-order valence-corrected chi connectivity index (χ3v) is 3.79. The van der Waals surface area contributed by atoms with E-state index in [1.807, 2.05) is 17.7 Å². The summed E-state index contributed by atoms with van der Waals surface area (Å²) in [5.41, 5.74) is 0.163. The van der Waals surface area contributed by atoms with E-state index in [2.05, 4.69) is 30.9 Å². The summed E-state index contributed by atoms with van der Waals surface area (Å²) in [4.78, 5) is 24.7. The first-order chi connectivity index (χ1) is 13.4. The molecular formula is C18H19F2N7O. The Morgan fingerprint density at radius 2 is 1.93 bits per heavy atom. The standard InChI is InChI=1S/C18H19F2N7O/c1-11-24-16(10-17(25-11)27-8-7-21-12(27)2)22-5-6-23-18(28)26-13-3-4-14(19)15(20)9-13/h3-4,7-10H,5-6H2,1-2H3,(H,22,24,25)(H2,23,26,28). The first-order valence-electron chi connectivity index (χ1n) is 8.52. The fourth-order valence-electron chi connectivity index (χ4n) is 2.50. The van der Waals surface area contributed by atoms with Gasteiger partial charge in [-0.25, -0.2) is 28.5 Å². The summed E-state index contributed by atoms with van der Waals surface area (Å²) in [5, 5.41) is 8.15. The van der Waals surface area contributed by atoms with Crippen molar-refractivity contribution >= 4 is 17.5 Å². The Balaban J connectivity index is 1.51. The highest BCUT2D eigenvalue weighted by molar-refractivity contribution is 5.89. The zero-order valence-electron chi connectivity index (χ0n) is 15.3. The topological polar surface area (TPSA) is 96.8 Å². The minimum atomic E-state index is -1.03. The molecule has 0 radical (unpaired) electrons. The van der Waals surface area contributed by atoms with Gasteiger partial charge in [-0.1, -0.05) is 0 Å². The van der Waals surface area contributed by atoms with E-state index in [4.69, 9.17) is 0 Å². The third-order valence-electron chi connectivity index (χ3n) is 3.79. The normalized spacial score (nSPS) is 10.6. The van der Waals surface area contributed by atoms with Crippen LogP contribution in [0.1, 0.15) is 11.6 Å². The smallest absolute Gasteiger partial charge is 0.319 e. The molecule has 3 rings (SSSR count). The molecule has 0 aliphatic rings. The second-order valence-electron chi connectivity index (χ2n) is 5.94. The maximum Gasteiger partial charge on any atom is 0.319 e. The first-order valence-corrected chi connectivity index (χ1v) is 8.52. The highest BCUT2D eigenvalue weighted by Crippen LogP contribution is 2.13. The van der Waals surface area contributed by atoms with Gasteiger partial charge in [-0.15, -0.1) is 0 Å². The minimum absolute atomic E-state index is 0.163. The summed E-state index contributed by atoms with van der Waals surface area (Å²) < 4.78 is 27.9. The molecule has 0 saturated heterocycles. The largest absolute Gasteiger partial charge is 0.368 e. The van der Waals surface area contributed by atoms with Gasteiger partial charge >= 0.3 is 6.03 Å². The molecule has 28 heavy (non-hydrogen) atoms. The van der Waals surface area contributed by atoms with E-state index in [0.29, 0.717) is 24.0 Å². The van der Waals surface area contributed by atoms with Crippen LogP contribution in [0.5, 0.6) is 0 Å². The average Bonchev–Trinajstić information content (AvgIpc) is 3.07. The molecule has 3 aromatic rings. The monoisotopic (exact) mass is 387 g/mol. The molecule has 2 aromatic heterocycles. The summed E-state index contributed by atoms with van der Waals surface area (Å²) in [6, 6.07) is 4.39. The third kappa shape index (κ3) is 4.78. The SMILES string of the molecule is Cc1nc(NCCNC(=O)Nc2ccc(F)c(F)c2)cc(-n2ccnc2C)n1. The van der Waals surface area contributed by atoms with Gasteiger partial charge in [0.25, 0.3) is 0 Å². The van der Waals surface area contributed by atoms with Crippen LogP contribution in [0, 0.1) is 25.5 Å². The highest BCUT2D eigenvalue weighted by atomic mass is 19.2. The van der Waals surface area contributed by atoms with Crippen LogP contribution in [0.4, 0.5) is 25.1 Å². The Hall–Kier alpha value is -3.56. The molecule has 0 spiro atoms. The van der Waals surface area contributed by atoms with E-state index in [1.165, 1.54) is 6.07 Å². The maximum atomic E-state index is 13.1. The minimum Gasteiger partial charge on any atom is -0.368 e. The van der Waals surface area contributed by atoms with E-state index < -0.39 is 17.7 Å². The number of halogens is 2. The summed E-state index contributed by atoms with van der Waals surface area (Å²) in [7, 11) is 0. The lowest BCUT2D eigenvalue weighted by atomic mass is 10.3. The summed E-state index contributed by atoms with van der Waals surface area (Å²) in [6.07, 6.45) is 3.50. The molecule has 3 N–H and O–H groups in total. The van der Waals surface area contributed by atoms with Crippen molar-refractivity contribution in [2.45, 2.75) is 13.8 Å². The highest BCUT2D eigenvalue weighted by Gasteiger charge is 2.07. The molecule has 2 heterocycles. The van der Waals surface area contributed by atoms with Crippen LogP contribution in [-0.4, -0.2) is 38.6 Å². The van der Waals surface area contributed by atoms with Crippen LogP contribution in [0.2, 0.25) is 0 Å². The van der Waals surface area contributed by atoms with Crippen LogP contribution in [0.3, 0.4) is 0 Å². The Morgan fingerprint density at radius 1 is 1.11 bits per heavy atom. The molecule has 0 aliphatic carbocycles. The molecule has 0 saturated carbocycles. The van der Waals surface area contributed by atoms with Crippen molar-refractivity contribution in [1.82, 2.24) is 24.8 Å². The number of rotatable bonds is 6. The molecule has 0 atom stereocenters. The van der Waals surface area contributed by atoms with Crippen LogP contribution >= 0.6 is 0 Å². The van der Waals surface area contributed by atoms with E-state index in [1.54, 1.807) is 19.2 Å². The predicted molar refractivity (Wildman–Crippen MR) is 100 cm³/mol. The van der Waals surface area contributed by atoms with Crippen LogP contribution in [0.25, 0.3) is 5.82 Å². The average molecular weight is 387 g/mol. The molecule has 1 aromatic carbocycles. The van der Waals surface area contributed by atoms with E-state index in [-0.39, 0.29) is 12.2 Å². The molecule has 2 amide bonds.